The summed E-state index contributed by atoms with van der Waals surface area (Å²) in [5.74, 6) is 0.678. The number of benzene rings is 2. The molecule has 0 aliphatic heterocycles. The zero-order valence-corrected chi connectivity index (χ0v) is 13.3. The SMILES string of the molecule is Cc1cc(C)c(-c2nnnn2-c2cccc(Br)c2)cc1N. The molecule has 1 aromatic heterocycles. The van der Waals surface area contributed by atoms with E-state index in [-0.39, 0.29) is 0 Å². The van der Waals surface area contributed by atoms with Gasteiger partial charge in [-0.2, -0.15) is 4.68 Å². The second-order valence-corrected chi connectivity index (χ2v) is 5.83. The van der Waals surface area contributed by atoms with Gasteiger partial charge >= 0.3 is 0 Å². The Bertz CT molecular complexity index is 810. The molecule has 3 rings (SSSR count). The first-order chi connectivity index (χ1) is 10.1. The number of aromatic nitrogens is 4. The quantitative estimate of drug-likeness (QED) is 0.725. The third-order valence-corrected chi connectivity index (χ3v) is 3.87. The largest absolute Gasteiger partial charge is 0.398 e. The Balaban J connectivity index is 2.18. The summed E-state index contributed by atoms with van der Waals surface area (Å²) >= 11 is 3.46. The van der Waals surface area contributed by atoms with Crippen molar-refractivity contribution in [2.45, 2.75) is 13.8 Å². The lowest BCUT2D eigenvalue weighted by atomic mass is 10.0. The summed E-state index contributed by atoms with van der Waals surface area (Å²) in [6.45, 7) is 4.02. The highest BCUT2D eigenvalue weighted by Crippen LogP contribution is 2.27. The Morgan fingerprint density at radius 1 is 1.10 bits per heavy atom. The number of nitrogens with two attached hydrogens (primary N) is 1. The first-order valence-corrected chi connectivity index (χ1v) is 7.27. The van der Waals surface area contributed by atoms with E-state index in [4.69, 9.17) is 5.73 Å². The van der Waals surface area contributed by atoms with Crippen molar-refractivity contribution in [2.24, 2.45) is 0 Å². The maximum absolute atomic E-state index is 6.02. The highest BCUT2D eigenvalue weighted by atomic mass is 79.9. The molecule has 106 valence electrons. The lowest BCUT2D eigenvalue weighted by Crippen LogP contribution is -2.02. The van der Waals surface area contributed by atoms with Crippen LogP contribution in [-0.4, -0.2) is 20.2 Å². The van der Waals surface area contributed by atoms with Gasteiger partial charge in [-0.25, -0.2) is 0 Å². The molecule has 0 unspecified atom stereocenters. The number of halogens is 1. The molecule has 0 fully saturated rings. The molecule has 0 amide bonds. The van der Waals surface area contributed by atoms with Gasteiger partial charge in [-0.3, -0.25) is 0 Å². The molecule has 3 aromatic rings. The normalized spacial score (nSPS) is 10.8. The molecule has 21 heavy (non-hydrogen) atoms. The van der Waals surface area contributed by atoms with E-state index in [9.17, 15) is 0 Å². The van der Waals surface area contributed by atoms with E-state index < -0.39 is 0 Å². The highest BCUT2D eigenvalue weighted by molar-refractivity contribution is 9.10. The lowest BCUT2D eigenvalue weighted by Gasteiger charge is -2.10. The first-order valence-electron chi connectivity index (χ1n) is 6.47. The van der Waals surface area contributed by atoms with E-state index in [1.54, 1.807) is 4.68 Å². The van der Waals surface area contributed by atoms with Gasteiger partial charge < -0.3 is 5.73 Å². The van der Waals surface area contributed by atoms with E-state index in [0.29, 0.717) is 5.82 Å². The van der Waals surface area contributed by atoms with Gasteiger partial charge in [-0.1, -0.05) is 28.1 Å². The summed E-state index contributed by atoms with van der Waals surface area (Å²) in [7, 11) is 0. The zero-order valence-electron chi connectivity index (χ0n) is 11.7. The van der Waals surface area contributed by atoms with Crippen LogP contribution in [0.4, 0.5) is 5.69 Å². The summed E-state index contributed by atoms with van der Waals surface area (Å²) in [6.07, 6.45) is 0. The maximum Gasteiger partial charge on any atom is 0.187 e. The van der Waals surface area contributed by atoms with Gasteiger partial charge in [0.05, 0.1) is 5.69 Å². The number of tetrazole rings is 1. The van der Waals surface area contributed by atoms with Crippen molar-refractivity contribution in [1.29, 1.82) is 0 Å². The molecule has 5 nitrogen and oxygen atoms in total. The molecule has 2 N–H and O–H groups in total. The first kappa shape index (κ1) is 13.8. The van der Waals surface area contributed by atoms with Crippen molar-refractivity contribution in [2.75, 3.05) is 5.73 Å². The summed E-state index contributed by atoms with van der Waals surface area (Å²) in [5, 5.41) is 12.1. The minimum atomic E-state index is 0.678. The average Bonchev–Trinajstić information content (AvgIpc) is 2.92. The van der Waals surface area contributed by atoms with Crippen LogP contribution in [0.1, 0.15) is 11.1 Å². The summed E-state index contributed by atoms with van der Waals surface area (Å²) in [4.78, 5) is 0. The Morgan fingerprint density at radius 2 is 1.90 bits per heavy atom. The van der Waals surface area contributed by atoms with E-state index in [0.717, 1.165) is 32.5 Å². The minimum absolute atomic E-state index is 0.678. The summed E-state index contributed by atoms with van der Waals surface area (Å²) in [5.41, 5.74) is 10.7. The number of nitrogens with zero attached hydrogens (tertiary/aromatic N) is 4. The number of hydrogen-bond acceptors (Lipinski definition) is 4. The topological polar surface area (TPSA) is 69.6 Å². The summed E-state index contributed by atoms with van der Waals surface area (Å²) in [6, 6.07) is 11.8. The second kappa shape index (κ2) is 5.29. The molecule has 0 atom stereocenters. The molecule has 6 heteroatoms. The Kier molecular flexibility index (Phi) is 3.47. The van der Waals surface area contributed by atoms with Gasteiger partial charge in [0.15, 0.2) is 5.82 Å². The second-order valence-electron chi connectivity index (χ2n) is 4.92. The number of aryl methyl sites for hydroxylation is 2. The monoisotopic (exact) mass is 343 g/mol. The Morgan fingerprint density at radius 3 is 2.67 bits per heavy atom. The minimum Gasteiger partial charge on any atom is -0.398 e. The third-order valence-electron chi connectivity index (χ3n) is 3.38. The van der Waals surface area contributed by atoms with Crippen LogP contribution in [0.5, 0.6) is 0 Å². The van der Waals surface area contributed by atoms with Crippen LogP contribution in [0.2, 0.25) is 0 Å². The van der Waals surface area contributed by atoms with Gasteiger partial charge in [-0.05, 0) is 59.7 Å². The van der Waals surface area contributed by atoms with Gasteiger partial charge in [0, 0.05) is 15.7 Å². The van der Waals surface area contributed by atoms with E-state index >= 15 is 0 Å². The molecule has 0 aliphatic carbocycles. The van der Waals surface area contributed by atoms with Gasteiger partial charge in [0.2, 0.25) is 0 Å². The number of hydrogen-bond donors (Lipinski definition) is 1. The van der Waals surface area contributed by atoms with Crippen LogP contribution < -0.4 is 5.73 Å². The molecule has 0 radical (unpaired) electrons. The van der Waals surface area contributed by atoms with Crippen LogP contribution in [0.15, 0.2) is 40.9 Å². The predicted octanol–water partition coefficient (Wildman–Crippen LogP) is 3.29. The standard InChI is InChI=1S/C15H14BrN5/c1-9-6-10(2)14(17)8-13(9)15-18-19-20-21(15)12-5-3-4-11(16)7-12/h3-8H,17H2,1-2H3. The highest BCUT2D eigenvalue weighted by Gasteiger charge is 2.14. The zero-order chi connectivity index (χ0) is 15.0. The van der Waals surface area contributed by atoms with Crippen molar-refractivity contribution in [3.8, 4) is 17.1 Å². The van der Waals surface area contributed by atoms with E-state index in [1.807, 2.05) is 50.2 Å². The van der Waals surface area contributed by atoms with Crippen LogP contribution >= 0.6 is 15.9 Å². The fraction of sp³-hybridized carbons (Fsp3) is 0.133. The van der Waals surface area contributed by atoms with Gasteiger partial charge in [0.25, 0.3) is 0 Å². The van der Waals surface area contributed by atoms with Crippen molar-refractivity contribution in [1.82, 2.24) is 20.2 Å². The molecule has 0 bridgehead atoms. The average molecular weight is 344 g/mol. The van der Waals surface area contributed by atoms with Crippen molar-refractivity contribution in [3.05, 3.63) is 52.0 Å². The smallest absolute Gasteiger partial charge is 0.187 e. The fourth-order valence-corrected chi connectivity index (χ4v) is 2.63. The van der Waals surface area contributed by atoms with Crippen molar-refractivity contribution < 1.29 is 0 Å². The number of rotatable bonds is 2. The van der Waals surface area contributed by atoms with Crippen molar-refractivity contribution in [3.63, 3.8) is 0 Å². The Hall–Kier alpha value is -2.21. The Labute approximate surface area is 130 Å². The molecular formula is C15H14BrN5. The van der Waals surface area contributed by atoms with Crippen LogP contribution in [0.25, 0.3) is 17.1 Å². The van der Waals surface area contributed by atoms with Gasteiger partial charge in [0.1, 0.15) is 0 Å². The fourth-order valence-electron chi connectivity index (χ4n) is 2.25. The molecule has 0 spiro atoms. The number of anilines is 1. The third kappa shape index (κ3) is 2.54. The van der Waals surface area contributed by atoms with Crippen LogP contribution in [-0.2, 0) is 0 Å². The molecule has 1 heterocycles. The van der Waals surface area contributed by atoms with E-state index in [1.165, 1.54) is 0 Å². The molecule has 0 saturated carbocycles. The van der Waals surface area contributed by atoms with Crippen LogP contribution in [0.3, 0.4) is 0 Å². The number of nitrogen functional groups attached to an aromatic ring is 1. The maximum atomic E-state index is 6.02. The van der Waals surface area contributed by atoms with Gasteiger partial charge in [-0.15, -0.1) is 5.10 Å². The molecule has 0 aliphatic rings. The van der Waals surface area contributed by atoms with Crippen LogP contribution in [0, 0.1) is 13.8 Å². The lowest BCUT2D eigenvalue weighted by molar-refractivity contribution is 0.791. The predicted molar refractivity (Wildman–Crippen MR) is 86.2 cm³/mol. The molecule has 2 aromatic carbocycles. The summed E-state index contributed by atoms with van der Waals surface area (Å²) < 4.78 is 2.68. The molecule has 0 saturated heterocycles. The van der Waals surface area contributed by atoms with E-state index in [2.05, 4.69) is 31.5 Å². The van der Waals surface area contributed by atoms with Crippen molar-refractivity contribution >= 4 is 21.6 Å². The molecular weight excluding hydrogens is 330 g/mol.